The van der Waals surface area contributed by atoms with Gasteiger partial charge in [0.05, 0.1) is 6.20 Å². The zero-order valence-corrected chi connectivity index (χ0v) is 13.2. The predicted molar refractivity (Wildman–Crippen MR) is 84.5 cm³/mol. The second kappa shape index (κ2) is 6.81. The van der Waals surface area contributed by atoms with E-state index >= 15 is 0 Å². The lowest BCUT2D eigenvalue weighted by atomic mass is 10.2. The molecule has 0 aliphatic rings. The second-order valence-corrected chi connectivity index (χ2v) is 5.18. The third-order valence-corrected chi connectivity index (χ3v) is 3.48. The van der Waals surface area contributed by atoms with Crippen molar-refractivity contribution in [3.63, 3.8) is 0 Å². The number of carbonyl (C=O) groups excluding carboxylic acids is 1. The Morgan fingerprint density at radius 3 is 2.64 bits per heavy atom. The first-order valence-corrected chi connectivity index (χ1v) is 7.29. The minimum absolute atomic E-state index is 0.0702. The monoisotopic (exact) mass is 365 g/mol. The summed E-state index contributed by atoms with van der Waals surface area (Å²) >= 11 is 5.98. The van der Waals surface area contributed by atoms with Crippen LogP contribution in [0, 0.1) is 11.6 Å². The average molecular weight is 366 g/mol. The van der Waals surface area contributed by atoms with Gasteiger partial charge in [0.2, 0.25) is 5.89 Å². The van der Waals surface area contributed by atoms with Crippen molar-refractivity contribution in [1.29, 1.82) is 0 Å². The molecule has 128 valence electrons. The summed E-state index contributed by atoms with van der Waals surface area (Å²) in [7, 11) is 0. The van der Waals surface area contributed by atoms with E-state index < -0.39 is 24.1 Å². The van der Waals surface area contributed by atoms with E-state index in [1.54, 1.807) is 0 Å². The fraction of sp³-hybridized carbons (Fsp3) is 0.0667. The van der Waals surface area contributed by atoms with Crippen LogP contribution in [0.5, 0.6) is 0 Å². The van der Waals surface area contributed by atoms with Crippen LogP contribution in [-0.4, -0.2) is 20.9 Å². The summed E-state index contributed by atoms with van der Waals surface area (Å²) < 4.78 is 32.2. The fourth-order valence-electron chi connectivity index (χ4n) is 2.03. The van der Waals surface area contributed by atoms with Crippen molar-refractivity contribution in [3.8, 4) is 11.6 Å². The van der Waals surface area contributed by atoms with E-state index in [-0.39, 0.29) is 33.8 Å². The van der Waals surface area contributed by atoms with Crippen LogP contribution >= 0.6 is 11.6 Å². The molecular weight excluding hydrogens is 356 g/mol. The number of benzene rings is 1. The van der Waals surface area contributed by atoms with Gasteiger partial charge in [0, 0.05) is 12.1 Å². The molecule has 3 rings (SSSR count). The minimum atomic E-state index is -0.784. The van der Waals surface area contributed by atoms with Gasteiger partial charge in [-0.3, -0.25) is 4.79 Å². The minimum Gasteiger partial charge on any atom is -0.443 e. The summed E-state index contributed by atoms with van der Waals surface area (Å²) in [5.74, 6) is -2.49. The highest BCUT2D eigenvalue weighted by Crippen LogP contribution is 2.25. The largest absolute Gasteiger partial charge is 0.443 e. The molecule has 10 heteroatoms. The molecule has 0 saturated carbocycles. The highest BCUT2D eigenvalue weighted by Gasteiger charge is 2.20. The van der Waals surface area contributed by atoms with Gasteiger partial charge in [0.25, 0.3) is 5.91 Å². The SMILES string of the molecule is Nc1nc(-c2ncco2)c(Cl)nc1C(=O)NCc1c(F)cccc1F. The zero-order chi connectivity index (χ0) is 18.0. The highest BCUT2D eigenvalue weighted by atomic mass is 35.5. The maximum Gasteiger partial charge on any atom is 0.274 e. The Balaban J connectivity index is 1.82. The quantitative estimate of drug-likeness (QED) is 0.735. The van der Waals surface area contributed by atoms with Gasteiger partial charge in [-0.2, -0.15) is 0 Å². The van der Waals surface area contributed by atoms with Crippen molar-refractivity contribution < 1.29 is 18.0 Å². The third kappa shape index (κ3) is 3.41. The molecule has 0 radical (unpaired) electrons. The summed E-state index contributed by atoms with van der Waals surface area (Å²) in [5.41, 5.74) is 5.22. The highest BCUT2D eigenvalue weighted by molar-refractivity contribution is 6.31. The third-order valence-electron chi connectivity index (χ3n) is 3.22. The van der Waals surface area contributed by atoms with Crippen molar-refractivity contribution in [1.82, 2.24) is 20.3 Å². The fourth-order valence-corrected chi connectivity index (χ4v) is 2.23. The molecule has 1 aromatic carbocycles. The van der Waals surface area contributed by atoms with Gasteiger partial charge in [-0.25, -0.2) is 23.7 Å². The average Bonchev–Trinajstić information content (AvgIpc) is 3.10. The predicted octanol–water partition coefficient (Wildman–Crippen LogP) is 2.58. The lowest BCUT2D eigenvalue weighted by Crippen LogP contribution is -2.26. The molecule has 3 N–H and O–H groups in total. The Morgan fingerprint density at radius 1 is 1.28 bits per heavy atom. The zero-order valence-electron chi connectivity index (χ0n) is 12.5. The molecule has 0 fully saturated rings. The van der Waals surface area contributed by atoms with Crippen LogP contribution < -0.4 is 11.1 Å². The number of halogens is 3. The van der Waals surface area contributed by atoms with Crippen LogP contribution in [0.4, 0.5) is 14.6 Å². The summed E-state index contributed by atoms with van der Waals surface area (Å²) in [5, 5.41) is 2.17. The normalized spacial score (nSPS) is 10.7. The van der Waals surface area contributed by atoms with E-state index in [2.05, 4.69) is 20.3 Å². The maximum atomic E-state index is 13.6. The van der Waals surface area contributed by atoms with E-state index in [1.807, 2.05) is 0 Å². The lowest BCUT2D eigenvalue weighted by Gasteiger charge is -2.09. The molecule has 0 aliphatic heterocycles. The van der Waals surface area contributed by atoms with Gasteiger partial charge < -0.3 is 15.5 Å². The van der Waals surface area contributed by atoms with Gasteiger partial charge in [-0.15, -0.1) is 0 Å². The molecule has 2 heterocycles. The number of hydrogen-bond donors (Lipinski definition) is 2. The molecule has 0 aliphatic carbocycles. The second-order valence-electron chi connectivity index (χ2n) is 4.82. The molecule has 0 unspecified atom stereocenters. The van der Waals surface area contributed by atoms with Gasteiger partial charge in [-0.05, 0) is 12.1 Å². The molecule has 0 spiro atoms. The smallest absolute Gasteiger partial charge is 0.274 e. The number of carbonyl (C=O) groups is 1. The van der Waals surface area contributed by atoms with Crippen LogP contribution in [0.2, 0.25) is 5.15 Å². The topological polar surface area (TPSA) is 107 Å². The van der Waals surface area contributed by atoms with E-state index in [0.29, 0.717) is 0 Å². The molecule has 7 nitrogen and oxygen atoms in total. The van der Waals surface area contributed by atoms with Crippen LogP contribution in [0.3, 0.4) is 0 Å². The Labute approximate surface area is 144 Å². The standard InChI is InChI=1S/C15H10ClF2N5O2/c16-12-10(15-20-4-5-25-15)23-13(19)11(22-12)14(24)21-6-7-8(17)2-1-3-9(7)18/h1-5H,6H2,(H2,19,23)(H,21,24). The summed E-state index contributed by atoms with van der Waals surface area (Å²) in [6.45, 7) is -0.391. The first-order valence-electron chi connectivity index (χ1n) is 6.91. The number of nitrogen functional groups attached to an aromatic ring is 1. The number of nitrogens with two attached hydrogens (primary N) is 1. The van der Waals surface area contributed by atoms with Gasteiger partial charge in [0.1, 0.15) is 17.9 Å². The number of nitrogens with one attached hydrogen (secondary N) is 1. The molecule has 0 saturated heterocycles. The molecule has 25 heavy (non-hydrogen) atoms. The van der Waals surface area contributed by atoms with Gasteiger partial charge >= 0.3 is 0 Å². The molecular formula is C15H10ClF2N5O2. The van der Waals surface area contributed by atoms with Crippen LogP contribution in [0.25, 0.3) is 11.6 Å². The van der Waals surface area contributed by atoms with E-state index in [4.69, 9.17) is 21.8 Å². The summed E-state index contributed by atoms with van der Waals surface area (Å²) in [6.07, 6.45) is 2.69. The maximum absolute atomic E-state index is 13.6. The van der Waals surface area contributed by atoms with Crippen molar-refractivity contribution in [2.45, 2.75) is 6.54 Å². The summed E-state index contributed by atoms with van der Waals surface area (Å²) in [6, 6.07) is 3.39. The molecule has 3 aromatic rings. The van der Waals surface area contributed by atoms with Crippen molar-refractivity contribution in [2.75, 3.05) is 5.73 Å². The molecule has 1 amide bonds. The molecule has 2 aromatic heterocycles. The van der Waals surface area contributed by atoms with Gasteiger partial charge in [0.15, 0.2) is 22.4 Å². The summed E-state index contributed by atoms with van der Waals surface area (Å²) in [4.78, 5) is 23.8. The van der Waals surface area contributed by atoms with Gasteiger partial charge in [-0.1, -0.05) is 17.7 Å². The first kappa shape index (κ1) is 16.8. The Hall–Kier alpha value is -3.07. The van der Waals surface area contributed by atoms with Crippen LogP contribution in [0.1, 0.15) is 16.1 Å². The number of rotatable bonds is 4. The number of oxazole rings is 1. The molecule has 0 atom stereocenters. The Kier molecular flexibility index (Phi) is 4.57. The first-order chi connectivity index (χ1) is 12.0. The van der Waals surface area contributed by atoms with Crippen molar-refractivity contribution in [2.24, 2.45) is 0 Å². The van der Waals surface area contributed by atoms with Crippen LogP contribution in [-0.2, 0) is 6.54 Å². The Morgan fingerprint density at radius 2 is 2.00 bits per heavy atom. The van der Waals surface area contributed by atoms with Crippen molar-refractivity contribution in [3.05, 3.63) is 58.7 Å². The number of nitrogens with zero attached hydrogens (tertiary/aromatic N) is 3. The van der Waals surface area contributed by atoms with E-state index in [1.165, 1.54) is 18.5 Å². The lowest BCUT2D eigenvalue weighted by molar-refractivity contribution is 0.0946. The number of aromatic nitrogens is 3. The Bertz CT molecular complexity index is 914. The van der Waals surface area contributed by atoms with E-state index in [0.717, 1.165) is 12.1 Å². The van der Waals surface area contributed by atoms with Crippen molar-refractivity contribution >= 4 is 23.3 Å². The van der Waals surface area contributed by atoms with E-state index in [9.17, 15) is 13.6 Å². The van der Waals surface area contributed by atoms with Crippen LogP contribution in [0.15, 0.2) is 35.1 Å². The number of amides is 1. The number of anilines is 1. The number of hydrogen-bond acceptors (Lipinski definition) is 6. The molecule has 0 bridgehead atoms.